The van der Waals surface area contributed by atoms with Crippen LogP contribution in [0.5, 0.6) is 5.75 Å². The molecule has 1 aromatic carbocycles. The first-order valence-corrected chi connectivity index (χ1v) is 10.3. The number of hydrogen-bond donors (Lipinski definition) is 1. The van der Waals surface area contributed by atoms with Gasteiger partial charge in [0.1, 0.15) is 5.75 Å². The molecule has 1 N–H and O–H groups in total. The number of hydrogen-bond acceptors (Lipinski definition) is 4. The Hall–Kier alpha value is 0.170. The summed E-state index contributed by atoms with van der Waals surface area (Å²) in [6.45, 7) is 16.7. The van der Waals surface area contributed by atoms with Gasteiger partial charge in [-0.15, -0.1) is 0 Å². The first-order chi connectivity index (χ1) is 10.8. The van der Waals surface area contributed by atoms with Crippen molar-refractivity contribution in [3.8, 4) is 5.75 Å². The Kier molecular flexibility index (Phi) is 9.46. The van der Waals surface area contributed by atoms with Gasteiger partial charge in [0.15, 0.2) is 0 Å². The van der Waals surface area contributed by atoms with Crippen LogP contribution in [0, 0.1) is 0 Å². The van der Waals surface area contributed by atoms with Crippen LogP contribution in [-0.4, -0.2) is 47.9 Å². The van der Waals surface area contributed by atoms with E-state index in [9.17, 15) is 9.67 Å². The summed E-state index contributed by atoms with van der Waals surface area (Å²) in [6.07, 6.45) is 0.209. The van der Waals surface area contributed by atoms with Crippen molar-refractivity contribution in [2.75, 3.05) is 13.2 Å². The van der Waals surface area contributed by atoms with Crippen molar-refractivity contribution in [1.82, 2.24) is 0 Å². The molecule has 0 aliphatic carbocycles. The predicted octanol–water partition coefficient (Wildman–Crippen LogP) is 5.10. The second-order valence-electron chi connectivity index (χ2n) is 8.14. The van der Waals surface area contributed by atoms with Crippen molar-refractivity contribution >= 4 is 37.2 Å². The molecule has 0 saturated heterocycles. The van der Waals surface area contributed by atoms with E-state index >= 15 is 0 Å². The van der Waals surface area contributed by atoms with Crippen LogP contribution in [0.25, 0.3) is 0 Å². The SMILES string of the molecule is CCOP(=O)(Cc1cc(C(C)(C)C)c(O)c(C(C)(C)C)c1)OCC.[NaH]. The summed E-state index contributed by atoms with van der Waals surface area (Å²) in [5.41, 5.74) is 2.13. The van der Waals surface area contributed by atoms with E-state index in [0.29, 0.717) is 19.0 Å². The average Bonchev–Trinajstić information content (AvgIpc) is 2.38. The van der Waals surface area contributed by atoms with E-state index in [1.165, 1.54) is 0 Å². The first kappa shape index (κ1) is 25.2. The Morgan fingerprint density at radius 1 is 0.920 bits per heavy atom. The van der Waals surface area contributed by atoms with Crippen molar-refractivity contribution in [3.63, 3.8) is 0 Å². The second-order valence-corrected chi connectivity index (χ2v) is 10.2. The summed E-state index contributed by atoms with van der Waals surface area (Å²) in [5.74, 6) is 0.321. The molecule has 0 amide bonds. The molecule has 0 atom stereocenters. The molecule has 0 saturated carbocycles. The number of phenolic OH excluding ortho intramolecular Hbond substituents is 1. The molecule has 0 fully saturated rings. The van der Waals surface area contributed by atoms with Crippen LogP contribution in [0.15, 0.2) is 12.1 Å². The number of benzene rings is 1. The van der Waals surface area contributed by atoms with Gasteiger partial charge < -0.3 is 14.2 Å². The zero-order valence-electron chi connectivity index (χ0n) is 16.4. The zero-order valence-corrected chi connectivity index (χ0v) is 17.3. The van der Waals surface area contributed by atoms with Crippen molar-refractivity contribution in [3.05, 3.63) is 28.8 Å². The summed E-state index contributed by atoms with van der Waals surface area (Å²) in [7, 11) is -3.18. The van der Waals surface area contributed by atoms with Crippen LogP contribution in [0.4, 0.5) is 0 Å². The molecule has 0 bridgehead atoms. The third kappa shape index (κ3) is 7.01. The molecule has 140 valence electrons. The molecular formula is C19H34NaO4P. The van der Waals surface area contributed by atoms with E-state index < -0.39 is 7.60 Å². The van der Waals surface area contributed by atoms with Gasteiger partial charge in [0.25, 0.3) is 0 Å². The second kappa shape index (κ2) is 9.39. The van der Waals surface area contributed by atoms with E-state index in [4.69, 9.17) is 9.05 Å². The average molecular weight is 380 g/mol. The molecule has 0 radical (unpaired) electrons. The van der Waals surface area contributed by atoms with Crippen LogP contribution < -0.4 is 0 Å². The molecule has 0 aliphatic heterocycles. The quantitative estimate of drug-likeness (QED) is 0.551. The van der Waals surface area contributed by atoms with E-state index in [0.717, 1.165) is 16.7 Å². The van der Waals surface area contributed by atoms with Crippen molar-refractivity contribution in [1.29, 1.82) is 0 Å². The van der Waals surface area contributed by atoms with Crippen LogP contribution in [0.1, 0.15) is 72.1 Å². The summed E-state index contributed by atoms with van der Waals surface area (Å²) >= 11 is 0. The van der Waals surface area contributed by atoms with Crippen LogP contribution >= 0.6 is 7.60 Å². The molecule has 4 nitrogen and oxygen atoms in total. The molecule has 1 aromatic rings. The number of aromatic hydroxyl groups is 1. The first-order valence-electron chi connectivity index (χ1n) is 8.59. The summed E-state index contributed by atoms with van der Waals surface area (Å²) < 4.78 is 23.7. The van der Waals surface area contributed by atoms with E-state index in [2.05, 4.69) is 41.5 Å². The van der Waals surface area contributed by atoms with Gasteiger partial charge in [0, 0.05) is 0 Å². The van der Waals surface area contributed by atoms with Crippen molar-refractivity contribution < 1.29 is 18.7 Å². The topological polar surface area (TPSA) is 55.8 Å². The van der Waals surface area contributed by atoms with Gasteiger partial charge in [-0.2, -0.15) is 0 Å². The van der Waals surface area contributed by atoms with E-state index in [1.54, 1.807) is 0 Å². The van der Waals surface area contributed by atoms with Gasteiger partial charge in [0.2, 0.25) is 0 Å². The molecule has 0 aliphatic rings. The van der Waals surface area contributed by atoms with Crippen molar-refractivity contribution in [2.24, 2.45) is 0 Å². The third-order valence-electron chi connectivity index (χ3n) is 3.81. The maximum absolute atomic E-state index is 12.9. The predicted molar refractivity (Wildman–Crippen MR) is 107 cm³/mol. The fraction of sp³-hybridized carbons (Fsp3) is 0.684. The Balaban J connectivity index is 0.00000576. The van der Waals surface area contributed by atoms with E-state index in [1.807, 2.05) is 26.0 Å². The monoisotopic (exact) mass is 380 g/mol. The molecule has 0 aromatic heterocycles. The van der Waals surface area contributed by atoms with Gasteiger partial charge >= 0.3 is 37.2 Å². The fourth-order valence-electron chi connectivity index (χ4n) is 2.67. The summed E-state index contributed by atoms with van der Waals surface area (Å²) in [4.78, 5) is 0. The normalized spacial score (nSPS) is 12.8. The Morgan fingerprint density at radius 3 is 1.56 bits per heavy atom. The molecule has 25 heavy (non-hydrogen) atoms. The molecular weight excluding hydrogens is 346 g/mol. The Bertz CT molecular complexity index is 570. The molecule has 0 spiro atoms. The third-order valence-corrected chi connectivity index (χ3v) is 5.87. The van der Waals surface area contributed by atoms with Gasteiger partial charge in [-0.05, 0) is 41.4 Å². The standard InChI is InChI=1S/C19H33O4P.Na.H/c1-9-22-24(21,23-10-2)13-14-11-15(18(3,4)5)17(20)16(12-14)19(6,7)8;;/h11-12,20H,9-10,13H2,1-8H3;;. The minimum atomic E-state index is -3.18. The number of phenols is 1. The molecule has 6 heteroatoms. The van der Waals surface area contributed by atoms with Gasteiger partial charge in [-0.25, -0.2) is 0 Å². The van der Waals surface area contributed by atoms with Crippen LogP contribution in [0.2, 0.25) is 0 Å². The van der Waals surface area contributed by atoms with E-state index in [-0.39, 0.29) is 46.5 Å². The fourth-order valence-corrected chi connectivity index (χ4v) is 4.35. The van der Waals surface area contributed by atoms with Gasteiger partial charge in [-0.1, -0.05) is 53.7 Å². The Labute approximate surface area is 175 Å². The minimum absolute atomic E-state index is 0. The summed E-state index contributed by atoms with van der Waals surface area (Å²) in [6, 6.07) is 3.85. The zero-order chi connectivity index (χ0) is 18.8. The Morgan fingerprint density at radius 2 is 1.28 bits per heavy atom. The van der Waals surface area contributed by atoms with Gasteiger partial charge in [-0.3, -0.25) is 4.57 Å². The van der Waals surface area contributed by atoms with Crippen molar-refractivity contribution in [2.45, 2.75) is 72.4 Å². The summed E-state index contributed by atoms with van der Waals surface area (Å²) in [5, 5.41) is 10.8. The molecule has 1 rings (SSSR count). The molecule has 0 heterocycles. The molecule has 0 unspecified atom stereocenters. The number of rotatable bonds is 6. The van der Waals surface area contributed by atoms with Crippen LogP contribution in [0.3, 0.4) is 0 Å². The maximum atomic E-state index is 12.9. The van der Waals surface area contributed by atoms with Crippen LogP contribution in [-0.2, 0) is 30.6 Å². The van der Waals surface area contributed by atoms with Gasteiger partial charge in [0.05, 0.1) is 19.4 Å².